The Labute approximate surface area is 130 Å². The monoisotopic (exact) mass is 354 g/mol. The molecule has 0 radical (unpaired) electrons. The maximum Gasteiger partial charge on any atom is 0.256 e. The van der Waals surface area contributed by atoms with Crippen LogP contribution in [0.25, 0.3) is 0 Å². The molecule has 2 aromatic carbocycles. The molecule has 2 aromatic rings. The molecule has 6 heteroatoms. The van der Waals surface area contributed by atoms with E-state index in [2.05, 4.69) is 21.2 Å². The van der Waals surface area contributed by atoms with E-state index in [1.54, 1.807) is 43.5 Å². The first-order valence-electron chi connectivity index (χ1n) is 5.71. The Balaban J connectivity index is 2.30. The van der Waals surface area contributed by atoms with Crippen LogP contribution in [0, 0.1) is 0 Å². The molecular weight excluding hydrogens is 344 g/mol. The van der Waals surface area contributed by atoms with Crippen LogP contribution in [0.15, 0.2) is 40.9 Å². The van der Waals surface area contributed by atoms with E-state index in [-0.39, 0.29) is 5.91 Å². The number of hydrogen-bond donors (Lipinski definition) is 2. The van der Waals surface area contributed by atoms with Crippen molar-refractivity contribution in [3.63, 3.8) is 0 Å². The van der Waals surface area contributed by atoms with Crippen LogP contribution >= 0.6 is 27.5 Å². The van der Waals surface area contributed by atoms with Gasteiger partial charge in [0.1, 0.15) is 5.75 Å². The number of methoxy groups -OCH3 is 1. The molecule has 0 saturated heterocycles. The lowest BCUT2D eigenvalue weighted by Crippen LogP contribution is -2.13. The summed E-state index contributed by atoms with van der Waals surface area (Å²) in [5, 5.41) is 3.15. The summed E-state index contributed by atoms with van der Waals surface area (Å²) in [6, 6.07) is 10.0. The molecule has 104 valence electrons. The van der Waals surface area contributed by atoms with E-state index in [4.69, 9.17) is 22.1 Å². The van der Waals surface area contributed by atoms with Crippen molar-refractivity contribution in [1.82, 2.24) is 0 Å². The van der Waals surface area contributed by atoms with Gasteiger partial charge in [0.05, 0.1) is 23.4 Å². The van der Waals surface area contributed by atoms with Crippen LogP contribution < -0.4 is 15.8 Å². The topological polar surface area (TPSA) is 64.3 Å². The lowest BCUT2D eigenvalue weighted by atomic mass is 10.2. The molecule has 0 spiro atoms. The van der Waals surface area contributed by atoms with Crippen LogP contribution in [0.3, 0.4) is 0 Å². The number of benzene rings is 2. The number of rotatable bonds is 3. The van der Waals surface area contributed by atoms with Gasteiger partial charge in [-0.1, -0.05) is 11.6 Å². The molecule has 3 N–H and O–H groups in total. The third-order valence-electron chi connectivity index (χ3n) is 2.66. The Morgan fingerprint density at radius 3 is 2.75 bits per heavy atom. The van der Waals surface area contributed by atoms with Crippen LogP contribution in [0.2, 0.25) is 5.02 Å². The molecule has 0 aliphatic rings. The van der Waals surface area contributed by atoms with E-state index in [9.17, 15) is 4.79 Å². The fourth-order valence-corrected chi connectivity index (χ4v) is 2.23. The molecular formula is C14H12BrClN2O2. The second-order valence-electron chi connectivity index (χ2n) is 4.04. The Hall–Kier alpha value is -1.72. The SMILES string of the molecule is COc1ccc(Br)c(C(=O)Nc2cc(N)ccc2Cl)c1. The minimum atomic E-state index is -0.303. The van der Waals surface area contributed by atoms with E-state index in [0.717, 1.165) is 0 Å². The summed E-state index contributed by atoms with van der Waals surface area (Å²) in [6.07, 6.45) is 0. The number of ether oxygens (including phenoxy) is 1. The van der Waals surface area contributed by atoms with Gasteiger partial charge in [-0.3, -0.25) is 4.79 Å². The maximum atomic E-state index is 12.3. The Morgan fingerprint density at radius 2 is 2.05 bits per heavy atom. The third kappa shape index (κ3) is 3.23. The number of halogens is 2. The smallest absolute Gasteiger partial charge is 0.256 e. The lowest BCUT2D eigenvalue weighted by molar-refractivity contribution is 0.102. The number of carbonyl (C=O) groups excluding carboxylic acids is 1. The van der Waals surface area contributed by atoms with E-state index >= 15 is 0 Å². The summed E-state index contributed by atoms with van der Waals surface area (Å²) < 4.78 is 5.77. The van der Waals surface area contributed by atoms with Gasteiger partial charge in [0.15, 0.2) is 0 Å². The Kier molecular flexibility index (Phi) is 4.52. The fourth-order valence-electron chi connectivity index (χ4n) is 1.63. The molecule has 20 heavy (non-hydrogen) atoms. The molecule has 0 atom stereocenters. The van der Waals surface area contributed by atoms with Crippen molar-refractivity contribution in [2.45, 2.75) is 0 Å². The molecule has 0 saturated carbocycles. The summed E-state index contributed by atoms with van der Waals surface area (Å²) in [5.74, 6) is 0.292. The highest BCUT2D eigenvalue weighted by Crippen LogP contribution is 2.27. The maximum absolute atomic E-state index is 12.3. The lowest BCUT2D eigenvalue weighted by Gasteiger charge is -2.10. The van der Waals surface area contributed by atoms with Gasteiger partial charge in [-0.15, -0.1) is 0 Å². The zero-order chi connectivity index (χ0) is 14.7. The quantitative estimate of drug-likeness (QED) is 0.820. The molecule has 0 aromatic heterocycles. The van der Waals surface area contributed by atoms with Crippen molar-refractivity contribution in [3.8, 4) is 5.75 Å². The average molecular weight is 356 g/mol. The summed E-state index contributed by atoms with van der Waals surface area (Å²) in [6.45, 7) is 0. The van der Waals surface area contributed by atoms with Gasteiger partial charge in [-0.2, -0.15) is 0 Å². The van der Waals surface area contributed by atoms with E-state index in [1.807, 2.05) is 0 Å². The molecule has 0 unspecified atom stereocenters. The van der Waals surface area contributed by atoms with Crippen LogP contribution in [0.1, 0.15) is 10.4 Å². The zero-order valence-corrected chi connectivity index (χ0v) is 13.0. The standard InChI is InChI=1S/C14H12BrClN2O2/c1-20-9-3-4-11(15)10(7-9)14(19)18-13-6-8(17)2-5-12(13)16/h2-7H,17H2,1H3,(H,18,19). The van der Waals surface area contributed by atoms with Gasteiger partial charge in [0, 0.05) is 10.2 Å². The number of amides is 1. The van der Waals surface area contributed by atoms with E-state index in [0.29, 0.717) is 32.2 Å². The first kappa shape index (κ1) is 14.7. The van der Waals surface area contributed by atoms with Crippen LogP contribution in [-0.2, 0) is 0 Å². The molecule has 0 fully saturated rings. The summed E-state index contributed by atoms with van der Waals surface area (Å²) in [4.78, 5) is 12.3. The van der Waals surface area contributed by atoms with Crippen LogP contribution in [-0.4, -0.2) is 13.0 Å². The number of nitrogens with one attached hydrogen (secondary N) is 1. The molecule has 0 bridgehead atoms. The molecule has 1 amide bonds. The minimum Gasteiger partial charge on any atom is -0.497 e. The Bertz CT molecular complexity index is 662. The fraction of sp³-hybridized carbons (Fsp3) is 0.0714. The molecule has 0 heterocycles. The molecule has 2 rings (SSSR count). The van der Waals surface area contributed by atoms with Gasteiger partial charge in [0.25, 0.3) is 5.91 Å². The van der Waals surface area contributed by atoms with Gasteiger partial charge in [-0.05, 0) is 52.3 Å². The van der Waals surface area contributed by atoms with Gasteiger partial charge in [0.2, 0.25) is 0 Å². The minimum absolute atomic E-state index is 0.303. The predicted molar refractivity (Wildman–Crippen MR) is 84.5 cm³/mol. The third-order valence-corrected chi connectivity index (χ3v) is 3.68. The highest BCUT2D eigenvalue weighted by molar-refractivity contribution is 9.10. The average Bonchev–Trinajstić information content (AvgIpc) is 2.43. The number of nitrogens with two attached hydrogens (primary N) is 1. The van der Waals surface area contributed by atoms with Crippen molar-refractivity contribution in [1.29, 1.82) is 0 Å². The molecule has 4 nitrogen and oxygen atoms in total. The second kappa shape index (κ2) is 6.15. The van der Waals surface area contributed by atoms with Crippen molar-refractivity contribution in [2.75, 3.05) is 18.2 Å². The summed E-state index contributed by atoms with van der Waals surface area (Å²) in [7, 11) is 1.54. The summed E-state index contributed by atoms with van der Waals surface area (Å²) in [5.41, 5.74) is 7.11. The molecule has 0 aliphatic carbocycles. The van der Waals surface area contributed by atoms with Crippen molar-refractivity contribution in [3.05, 3.63) is 51.5 Å². The largest absolute Gasteiger partial charge is 0.497 e. The number of hydrogen-bond acceptors (Lipinski definition) is 3. The second-order valence-corrected chi connectivity index (χ2v) is 5.30. The van der Waals surface area contributed by atoms with Gasteiger partial charge in [-0.25, -0.2) is 0 Å². The van der Waals surface area contributed by atoms with E-state index < -0.39 is 0 Å². The highest BCUT2D eigenvalue weighted by atomic mass is 79.9. The number of anilines is 2. The van der Waals surface area contributed by atoms with Crippen LogP contribution in [0.5, 0.6) is 5.75 Å². The first-order valence-corrected chi connectivity index (χ1v) is 6.88. The van der Waals surface area contributed by atoms with Crippen LogP contribution in [0.4, 0.5) is 11.4 Å². The van der Waals surface area contributed by atoms with Gasteiger partial charge < -0.3 is 15.8 Å². The van der Waals surface area contributed by atoms with Crippen molar-refractivity contribution >= 4 is 44.8 Å². The Morgan fingerprint density at radius 1 is 1.30 bits per heavy atom. The highest BCUT2D eigenvalue weighted by Gasteiger charge is 2.13. The summed E-state index contributed by atoms with van der Waals surface area (Å²) >= 11 is 9.35. The van der Waals surface area contributed by atoms with Crippen molar-refractivity contribution < 1.29 is 9.53 Å². The zero-order valence-electron chi connectivity index (χ0n) is 10.6. The normalized spacial score (nSPS) is 10.2. The van der Waals surface area contributed by atoms with Gasteiger partial charge >= 0.3 is 0 Å². The van der Waals surface area contributed by atoms with E-state index in [1.165, 1.54) is 0 Å². The number of carbonyl (C=O) groups is 1. The molecule has 0 aliphatic heterocycles. The van der Waals surface area contributed by atoms with Crippen molar-refractivity contribution in [2.24, 2.45) is 0 Å². The first-order chi connectivity index (χ1) is 9.51. The number of nitrogen functional groups attached to an aromatic ring is 1. The predicted octanol–water partition coefficient (Wildman–Crippen LogP) is 3.95.